The summed E-state index contributed by atoms with van der Waals surface area (Å²) in [4.78, 5) is 22.7. The zero-order chi connectivity index (χ0) is 13.4. The van der Waals surface area contributed by atoms with Crippen LogP contribution in [0, 0.1) is 0 Å². The molecule has 0 aliphatic carbocycles. The van der Waals surface area contributed by atoms with Gasteiger partial charge in [-0.3, -0.25) is 9.59 Å². The Labute approximate surface area is 98.0 Å². The van der Waals surface area contributed by atoms with Crippen molar-refractivity contribution in [3.8, 4) is 0 Å². The van der Waals surface area contributed by atoms with Crippen LogP contribution in [0.25, 0.3) is 0 Å². The van der Waals surface area contributed by atoms with E-state index in [1.165, 1.54) is 7.11 Å². The van der Waals surface area contributed by atoms with E-state index in [0.717, 1.165) is 13.8 Å². The summed E-state index contributed by atoms with van der Waals surface area (Å²) in [6, 6.07) is 0. The van der Waals surface area contributed by atoms with Crippen LogP contribution in [0.15, 0.2) is 0 Å². The molecule has 98 valence electrons. The van der Waals surface area contributed by atoms with Crippen molar-refractivity contribution in [3.05, 3.63) is 0 Å². The number of carbonyl (C=O) groups excluding carboxylic acids is 2. The number of hydrogen-bond acceptors (Lipinski definition) is 7. The molecule has 0 radical (unpaired) electrons. The fraction of sp³-hybridized carbons (Fsp3) is 0.800. The van der Waals surface area contributed by atoms with Gasteiger partial charge in [-0.15, -0.1) is 0 Å². The number of aliphatic hydroxyl groups is 3. The maximum atomic E-state index is 11.4. The Balaban J connectivity index is 3.22. The van der Waals surface area contributed by atoms with Gasteiger partial charge in [0.25, 0.3) is 0 Å². The minimum absolute atomic E-state index is 0.558. The Morgan fingerprint density at radius 1 is 1.29 bits per heavy atom. The van der Waals surface area contributed by atoms with Gasteiger partial charge < -0.3 is 24.8 Å². The zero-order valence-corrected chi connectivity index (χ0v) is 9.84. The largest absolute Gasteiger partial charge is 0.386 e. The van der Waals surface area contributed by atoms with Gasteiger partial charge in [0.15, 0.2) is 23.5 Å². The smallest absolute Gasteiger partial charge is 0.203 e. The second-order valence-electron chi connectivity index (χ2n) is 4.14. The predicted molar refractivity (Wildman–Crippen MR) is 54.0 cm³/mol. The fourth-order valence-electron chi connectivity index (χ4n) is 1.80. The number of hydrogen-bond donors (Lipinski definition) is 3. The average Bonchev–Trinajstić information content (AvgIpc) is 2.25. The van der Waals surface area contributed by atoms with Gasteiger partial charge in [0.2, 0.25) is 5.60 Å². The Hall–Kier alpha value is -0.860. The molecule has 1 rings (SSSR count). The lowest BCUT2D eigenvalue weighted by Crippen LogP contribution is -2.73. The van der Waals surface area contributed by atoms with Crippen LogP contribution in [-0.4, -0.2) is 64.2 Å². The lowest BCUT2D eigenvalue weighted by Gasteiger charge is -2.47. The number of methoxy groups -OCH3 is 1. The Bertz CT molecular complexity index is 342. The first-order chi connectivity index (χ1) is 7.71. The molecule has 17 heavy (non-hydrogen) atoms. The van der Waals surface area contributed by atoms with Crippen LogP contribution in [0.3, 0.4) is 0 Å². The normalized spacial score (nSPS) is 42.2. The van der Waals surface area contributed by atoms with Crippen molar-refractivity contribution >= 4 is 11.6 Å². The minimum atomic E-state index is -2.48. The number of Topliss-reactive ketones (excluding diaryl/α,β-unsaturated/α-hetero) is 2. The van der Waals surface area contributed by atoms with E-state index in [4.69, 9.17) is 9.47 Å². The van der Waals surface area contributed by atoms with E-state index in [1.807, 2.05) is 0 Å². The molecule has 1 fully saturated rings. The first-order valence-corrected chi connectivity index (χ1v) is 5.00. The summed E-state index contributed by atoms with van der Waals surface area (Å²) in [5.41, 5.74) is -4.80. The summed E-state index contributed by atoms with van der Waals surface area (Å²) < 4.78 is 9.66. The Morgan fingerprint density at radius 3 is 2.18 bits per heavy atom. The van der Waals surface area contributed by atoms with E-state index < -0.39 is 41.8 Å². The van der Waals surface area contributed by atoms with Crippen molar-refractivity contribution in [1.29, 1.82) is 0 Å². The molecule has 7 nitrogen and oxygen atoms in total. The van der Waals surface area contributed by atoms with Gasteiger partial charge in [-0.2, -0.15) is 0 Å². The van der Waals surface area contributed by atoms with Crippen LogP contribution in [0.4, 0.5) is 0 Å². The van der Waals surface area contributed by atoms with Gasteiger partial charge in [0.1, 0.15) is 6.10 Å². The highest BCUT2D eigenvalue weighted by Crippen LogP contribution is 2.34. The Morgan fingerprint density at radius 2 is 1.82 bits per heavy atom. The van der Waals surface area contributed by atoms with Crippen molar-refractivity contribution in [1.82, 2.24) is 0 Å². The van der Waals surface area contributed by atoms with Crippen LogP contribution in [-0.2, 0) is 19.1 Å². The molecule has 7 heteroatoms. The van der Waals surface area contributed by atoms with E-state index in [1.54, 1.807) is 0 Å². The predicted octanol–water partition coefficient (Wildman–Crippen LogP) is -2.01. The molecule has 1 aliphatic heterocycles. The average molecular weight is 248 g/mol. The maximum absolute atomic E-state index is 11.4. The van der Waals surface area contributed by atoms with Crippen LogP contribution in [0.1, 0.15) is 13.8 Å². The Kier molecular flexibility index (Phi) is 3.70. The molecule has 0 spiro atoms. The maximum Gasteiger partial charge on any atom is 0.203 e. The molecule has 0 bridgehead atoms. The van der Waals surface area contributed by atoms with Crippen LogP contribution in [0.5, 0.6) is 0 Å². The summed E-state index contributed by atoms with van der Waals surface area (Å²) in [6.45, 7) is 1.47. The summed E-state index contributed by atoms with van der Waals surface area (Å²) in [7, 11) is 1.17. The highest BCUT2D eigenvalue weighted by atomic mass is 16.7. The van der Waals surface area contributed by atoms with Gasteiger partial charge in [-0.05, 0) is 13.8 Å². The molecule has 0 unspecified atom stereocenters. The van der Waals surface area contributed by atoms with E-state index in [2.05, 4.69) is 0 Å². The van der Waals surface area contributed by atoms with Crippen molar-refractivity contribution in [2.24, 2.45) is 0 Å². The molecular weight excluding hydrogens is 232 g/mol. The van der Waals surface area contributed by atoms with E-state index >= 15 is 0 Å². The van der Waals surface area contributed by atoms with E-state index in [9.17, 15) is 24.9 Å². The standard InChI is InChI=1S/C10H16O7/c1-5(11)9(14)4-17-8(16-3)10(15,6(2)12)7(9)13/h7-8,13-15H,4H2,1-3H3/t7-,8+,9-,10+/m0/s1. The molecule has 1 saturated heterocycles. The van der Waals surface area contributed by atoms with Gasteiger partial charge in [-0.25, -0.2) is 0 Å². The van der Waals surface area contributed by atoms with Gasteiger partial charge >= 0.3 is 0 Å². The topological polar surface area (TPSA) is 113 Å². The van der Waals surface area contributed by atoms with E-state index in [0.29, 0.717) is 0 Å². The molecule has 0 aromatic carbocycles. The number of carbonyl (C=O) groups is 2. The molecule has 3 N–H and O–H groups in total. The molecule has 0 aromatic rings. The lowest BCUT2D eigenvalue weighted by atomic mass is 9.77. The fourth-order valence-corrected chi connectivity index (χ4v) is 1.80. The van der Waals surface area contributed by atoms with Crippen LogP contribution < -0.4 is 0 Å². The number of rotatable bonds is 3. The second-order valence-corrected chi connectivity index (χ2v) is 4.14. The number of ketones is 2. The van der Waals surface area contributed by atoms with Crippen molar-refractivity contribution in [2.45, 2.75) is 37.4 Å². The first-order valence-electron chi connectivity index (χ1n) is 5.00. The first kappa shape index (κ1) is 14.2. The molecule has 4 atom stereocenters. The number of aliphatic hydroxyl groups excluding tert-OH is 1. The SMILES string of the molecule is CO[C@@H]1OC[C@](O)(C(C)=O)[C@H](O)[C@]1(O)C(C)=O. The van der Waals surface area contributed by atoms with Crippen molar-refractivity contribution in [3.63, 3.8) is 0 Å². The van der Waals surface area contributed by atoms with Crippen LogP contribution >= 0.6 is 0 Å². The summed E-state index contributed by atoms with van der Waals surface area (Å²) in [6.07, 6.45) is -3.45. The molecule has 0 aromatic heterocycles. The third-order valence-corrected chi connectivity index (χ3v) is 3.07. The summed E-state index contributed by atoms with van der Waals surface area (Å²) in [5.74, 6) is -1.67. The molecule has 0 saturated carbocycles. The lowest BCUT2D eigenvalue weighted by molar-refractivity contribution is -0.314. The molecule has 1 heterocycles. The van der Waals surface area contributed by atoms with Gasteiger partial charge in [0.05, 0.1) is 6.61 Å². The van der Waals surface area contributed by atoms with Crippen molar-refractivity contribution in [2.75, 3.05) is 13.7 Å². The third-order valence-electron chi connectivity index (χ3n) is 3.07. The molecular formula is C10H16O7. The highest BCUT2D eigenvalue weighted by molar-refractivity contribution is 5.91. The quantitative estimate of drug-likeness (QED) is 0.529. The molecule has 1 aliphatic rings. The highest BCUT2D eigenvalue weighted by Gasteiger charge is 2.63. The second kappa shape index (κ2) is 4.43. The molecule has 0 amide bonds. The summed E-state index contributed by atoms with van der Waals surface area (Å²) in [5, 5.41) is 29.9. The monoisotopic (exact) mass is 248 g/mol. The van der Waals surface area contributed by atoms with Gasteiger partial charge in [0, 0.05) is 7.11 Å². The number of ether oxygens (including phenoxy) is 2. The van der Waals surface area contributed by atoms with Crippen LogP contribution in [0.2, 0.25) is 0 Å². The minimum Gasteiger partial charge on any atom is -0.386 e. The van der Waals surface area contributed by atoms with Crippen molar-refractivity contribution < 1.29 is 34.4 Å². The van der Waals surface area contributed by atoms with E-state index in [-0.39, 0.29) is 0 Å². The third kappa shape index (κ3) is 1.90. The van der Waals surface area contributed by atoms with Gasteiger partial charge in [-0.1, -0.05) is 0 Å². The summed E-state index contributed by atoms with van der Waals surface area (Å²) >= 11 is 0. The zero-order valence-electron chi connectivity index (χ0n) is 9.84.